The second kappa shape index (κ2) is 8.65. The molecule has 0 aliphatic carbocycles. The number of imidazole rings is 1. The summed E-state index contributed by atoms with van der Waals surface area (Å²) in [5.41, 5.74) is 2.42. The second-order valence-electron chi connectivity index (χ2n) is 6.82. The number of alkyl halides is 3. The van der Waals surface area contributed by atoms with Crippen LogP contribution in [0.1, 0.15) is 30.0 Å². The molecule has 0 saturated heterocycles. The minimum atomic E-state index is -5.08. The van der Waals surface area contributed by atoms with Crippen molar-refractivity contribution in [2.24, 2.45) is 7.05 Å². The lowest BCUT2D eigenvalue weighted by atomic mass is 10.2. The number of fused-ring (bicyclic) bond motifs is 1. The summed E-state index contributed by atoms with van der Waals surface area (Å²) < 4.78 is 37.7. The molecule has 0 aromatic carbocycles. The maximum atomic E-state index is 10.6. The molecule has 3 aromatic heterocycles. The van der Waals surface area contributed by atoms with E-state index in [4.69, 9.17) is 9.90 Å². The van der Waals surface area contributed by atoms with Crippen molar-refractivity contribution in [3.8, 4) is 0 Å². The molecule has 1 atom stereocenters. The minimum absolute atomic E-state index is 0.286. The average molecular weight is 426 g/mol. The first-order valence-electron chi connectivity index (χ1n) is 9.03. The van der Waals surface area contributed by atoms with Gasteiger partial charge in [-0.15, -0.1) is 0 Å². The van der Waals surface area contributed by atoms with Gasteiger partial charge in [0, 0.05) is 38.4 Å². The zero-order valence-electron chi connectivity index (χ0n) is 16.4. The van der Waals surface area contributed by atoms with E-state index in [1.165, 1.54) is 11.3 Å². The molecule has 1 N–H and O–H groups in total. The van der Waals surface area contributed by atoms with Gasteiger partial charge < -0.3 is 9.67 Å². The number of aliphatic carboxylic acids is 1. The third-order valence-corrected chi connectivity index (χ3v) is 4.68. The zero-order chi connectivity index (χ0) is 21.9. The van der Waals surface area contributed by atoms with Gasteiger partial charge in [-0.3, -0.25) is 9.58 Å². The highest BCUT2D eigenvalue weighted by atomic mass is 19.4. The molecule has 13 heteroatoms. The van der Waals surface area contributed by atoms with Crippen molar-refractivity contribution in [2.75, 3.05) is 6.54 Å². The topological polar surface area (TPSA) is 107 Å². The van der Waals surface area contributed by atoms with Crippen molar-refractivity contribution in [3.05, 3.63) is 48.3 Å². The molecule has 0 bridgehead atoms. The molecule has 1 aliphatic heterocycles. The normalized spacial score (nSPS) is 16.6. The van der Waals surface area contributed by atoms with E-state index in [-0.39, 0.29) is 6.04 Å². The lowest BCUT2D eigenvalue weighted by Gasteiger charge is -2.34. The summed E-state index contributed by atoms with van der Waals surface area (Å²) in [5.74, 6) is -1.64. The number of carbonyl (C=O) groups is 1. The van der Waals surface area contributed by atoms with Gasteiger partial charge in [-0.1, -0.05) is 0 Å². The van der Waals surface area contributed by atoms with Crippen molar-refractivity contribution >= 4 is 5.97 Å². The molecule has 30 heavy (non-hydrogen) atoms. The van der Waals surface area contributed by atoms with Crippen LogP contribution in [-0.4, -0.2) is 62.8 Å². The van der Waals surface area contributed by atoms with Crippen LogP contribution in [0, 0.1) is 0 Å². The van der Waals surface area contributed by atoms with Gasteiger partial charge in [-0.05, 0) is 6.92 Å². The zero-order valence-corrected chi connectivity index (χ0v) is 16.4. The van der Waals surface area contributed by atoms with E-state index in [2.05, 4.69) is 42.8 Å². The van der Waals surface area contributed by atoms with Crippen LogP contribution in [0.5, 0.6) is 0 Å². The number of hydrogen-bond acceptors (Lipinski definition) is 6. The van der Waals surface area contributed by atoms with Gasteiger partial charge >= 0.3 is 12.1 Å². The molecule has 0 radical (unpaired) electrons. The summed E-state index contributed by atoms with van der Waals surface area (Å²) >= 11 is 0. The molecular weight excluding hydrogens is 405 g/mol. The van der Waals surface area contributed by atoms with E-state index in [0.29, 0.717) is 6.54 Å². The first kappa shape index (κ1) is 21.5. The summed E-state index contributed by atoms with van der Waals surface area (Å²) in [6, 6.07) is 0.286. The molecule has 4 heterocycles. The smallest absolute Gasteiger partial charge is 0.475 e. The Balaban J connectivity index is 0.000000318. The predicted octanol–water partition coefficient (Wildman–Crippen LogP) is 1.47. The minimum Gasteiger partial charge on any atom is -0.475 e. The van der Waals surface area contributed by atoms with Crippen molar-refractivity contribution in [3.63, 3.8) is 0 Å². The maximum Gasteiger partial charge on any atom is 0.490 e. The van der Waals surface area contributed by atoms with Crippen LogP contribution in [0.3, 0.4) is 0 Å². The summed E-state index contributed by atoms with van der Waals surface area (Å²) in [6.45, 7) is 5.78. The lowest BCUT2D eigenvalue weighted by Crippen LogP contribution is -2.37. The number of nitrogens with zero attached hydrogens (tertiary/aromatic N) is 8. The molecule has 0 fully saturated rings. The van der Waals surface area contributed by atoms with Crippen LogP contribution in [0.2, 0.25) is 0 Å². The van der Waals surface area contributed by atoms with E-state index >= 15 is 0 Å². The molecular formula is C17H21F3N8O2. The Bertz CT molecular complexity index is 980. The third kappa shape index (κ3) is 5.03. The molecule has 4 rings (SSSR count). The van der Waals surface area contributed by atoms with Gasteiger partial charge in [0.15, 0.2) is 0 Å². The second-order valence-corrected chi connectivity index (χ2v) is 6.82. The fourth-order valence-corrected chi connectivity index (χ4v) is 3.21. The SMILES string of the molecule is CC1c2ncc(Cn3cncn3)n2CCN1Cc1cnn(C)c1.O=C(O)C(F)(F)F. The van der Waals surface area contributed by atoms with Gasteiger partial charge in [0.2, 0.25) is 0 Å². The highest BCUT2D eigenvalue weighted by Gasteiger charge is 2.38. The van der Waals surface area contributed by atoms with Crippen LogP contribution in [0.4, 0.5) is 13.2 Å². The molecule has 1 aliphatic rings. The van der Waals surface area contributed by atoms with Gasteiger partial charge in [0.25, 0.3) is 0 Å². The number of aromatic nitrogens is 7. The standard InChI is InChI=1S/C15H20N8.C2HF3O2/c1-12-15-17-6-14(9-22-11-16-10-19-22)23(15)4-3-21(12)8-13-5-18-20(2)7-13;3-2(4,5)1(6)7/h5-7,10-12H,3-4,8-9H2,1-2H3;(H,6,7). The first-order chi connectivity index (χ1) is 14.1. The Morgan fingerprint density at radius 2 is 1.97 bits per heavy atom. The fourth-order valence-electron chi connectivity index (χ4n) is 3.21. The van der Waals surface area contributed by atoms with Crippen LogP contribution in [0.15, 0.2) is 31.2 Å². The van der Waals surface area contributed by atoms with Crippen LogP contribution in [0.25, 0.3) is 0 Å². The van der Waals surface area contributed by atoms with Crippen molar-refractivity contribution < 1.29 is 23.1 Å². The van der Waals surface area contributed by atoms with E-state index in [1.807, 2.05) is 28.8 Å². The first-order valence-corrected chi connectivity index (χ1v) is 9.03. The Labute approximate surface area is 169 Å². The van der Waals surface area contributed by atoms with E-state index in [0.717, 1.165) is 25.5 Å². The largest absolute Gasteiger partial charge is 0.490 e. The molecule has 1 unspecified atom stereocenters. The van der Waals surface area contributed by atoms with Crippen molar-refractivity contribution in [1.82, 2.24) is 39.0 Å². The quantitative estimate of drug-likeness (QED) is 0.673. The Morgan fingerprint density at radius 3 is 2.53 bits per heavy atom. The summed E-state index contributed by atoms with van der Waals surface area (Å²) in [7, 11) is 1.95. The highest BCUT2D eigenvalue weighted by Crippen LogP contribution is 2.27. The number of carboxylic acid groups (broad SMARTS) is 1. The van der Waals surface area contributed by atoms with Crippen molar-refractivity contribution in [2.45, 2.75) is 38.8 Å². The Morgan fingerprint density at radius 1 is 1.23 bits per heavy atom. The number of rotatable bonds is 4. The molecule has 162 valence electrons. The average Bonchev–Trinajstić information content (AvgIpc) is 3.40. The van der Waals surface area contributed by atoms with Crippen LogP contribution >= 0.6 is 0 Å². The molecule has 0 saturated carbocycles. The van der Waals surface area contributed by atoms with E-state index < -0.39 is 12.1 Å². The Kier molecular flexibility index (Phi) is 6.20. The van der Waals surface area contributed by atoms with Crippen molar-refractivity contribution in [1.29, 1.82) is 0 Å². The number of carboxylic acids is 1. The molecule has 10 nitrogen and oxygen atoms in total. The lowest BCUT2D eigenvalue weighted by molar-refractivity contribution is -0.192. The van der Waals surface area contributed by atoms with Gasteiger partial charge in [-0.25, -0.2) is 19.4 Å². The van der Waals surface area contributed by atoms with E-state index in [1.54, 1.807) is 12.7 Å². The summed E-state index contributed by atoms with van der Waals surface area (Å²) in [4.78, 5) is 20.0. The molecule has 0 amide bonds. The van der Waals surface area contributed by atoms with Gasteiger partial charge in [0.05, 0.1) is 30.7 Å². The molecule has 0 spiro atoms. The van der Waals surface area contributed by atoms with Gasteiger partial charge in [0.1, 0.15) is 18.5 Å². The van der Waals surface area contributed by atoms with Gasteiger partial charge in [-0.2, -0.15) is 23.4 Å². The number of hydrogen-bond donors (Lipinski definition) is 1. The van der Waals surface area contributed by atoms with Crippen LogP contribution in [-0.2, 0) is 31.5 Å². The summed E-state index contributed by atoms with van der Waals surface area (Å²) in [5, 5.41) is 15.6. The van der Waals surface area contributed by atoms with E-state index in [9.17, 15) is 13.2 Å². The highest BCUT2D eigenvalue weighted by molar-refractivity contribution is 5.73. The summed E-state index contributed by atoms with van der Waals surface area (Å²) in [6.07, 6.45) is 4.18. The fraction of sp³-hybridized carbons (Fsp3) is 0.471. The third-order valence-electron chi connectivity index (χ3n) is 4.68. The Hall–Kier alpha value is -3.22. The number of halogens is 3. The molecule has 3 aromatic rings. The number of aryl methyl sites for hydroxylation is 1. The predicted molar refractivity (Wildman–Crippen MR) is 97.1 cm³/mol. The maximum absolute atomic E-state index is 10.6. The van der Waals surface area contributed by atoms with Crippen LogP contribution < -0.4 is 0 Å². The monoisotopic (exact) mass is 426 g/mol.